The molecule has 0 saturated carbocycles. The van der Waals surface area contributed by atoms with Gasteiger partial charge in [0.1, 0.15) is 12.4 Å². The van der Waals surface area contributed by atoms with Crippen molar-refractivity contribution in [3.63, 3.8) is 0 Å². The zero-order chi connectivity index (χ0) is 16.9. The second-order valence-electron chi connectivity index (χ2n) is 5.28. The number of benzene rings is 1. The summed E-state index contributed by atoms with van der Waals surface area (Å²) in [5, 5.41) is 6.59. The van der Waals surface area contributed by atoms with Crippen molar-refractivity contribution in [1.82, 2.24) is 15.1 Å². The molecule has 1 heterocycles. The van der Waals surface area contributed by atoms with Crippen LogP contribution < -0.4 is 10.1 Å². The molecule has 1 aromatic heterocycles. The molecule has 0 aliphatic heterocycles. The first-order valence-electron chi connectivity index (χ1n) is 7.02. The van der Waals surface area contributed by atoms with E-state index in [1.807, 2.05) is 18.2 Å². The fourth-order valence-corrected chi connectivity index (χ4v) is 1.98. The summed E-state index contributed by atoms with van der Waals surface area (Å²) in [6, 6.07) is 9.02. The quantitative estimate of drug-likeness (QED) is 0.809. The van der Waals surface area contributed by atoms with Crippen molar-refractivity contribution >= 4 is 11.9 Å². The van der Waals surface area contributed by atoms with Crippen LogP contribution in [0, 0.1) is 0 Å². The third kappa shape index (κ3) is 4.09. The third-order valence-corrected chi connectivity index (χ3v) is 3.26. The number of methoxy groups -OCH3 is 1. The third-order valence-electron chi connectivity index (χ3n) is 3.26. The van der Waals surface area contributed by atoms with E-state index in [2.05, 4.69) is 10.4 Å². The Hall–Kier alpha value is -2.83. The highest BCUT2D eigenvalue weighted by atomic mass is 16.5. The number of nitrogens with zero attached hydrogens (tertiary/aromatic N) is 2. The molecule has 0 spiro atoms. The molecule has 0 aliphatic carbocycles. The average Bonchev–Trinajstić information content (AvgIpc) is 3.00. The summed E-state index contributed by atoms with van der Waals surface area (Å²) in [6.45, 7) is 1.49. The van der Waals surface area contributed by atoms with E-state index in [9.17, 15) is 9.59 Å². The molecular weight excluding hydrogens is 298 g/mol. The van der Waals surface area contributed by atoms with Gasteiger partial charge in [0, 0.05) is 13.2 Å². The van der Waals surface area contributed by atoms with Gasteiger partial charge in [-0.05, 0) is 19.1 Å². The van der Waals surface area contributed by atoms with Crippen molar-refractivity contribution < 1.29 is 19.1 Å². The van der Waals surface area contributed by atoms with Gasteiger partial charge in [0.05, 0.1) is 18.9 Å². The highest BCUT2D eigenvalue weighted by Gasteiger charge is 2.37. The predicted octanol–water partition coefficient (Wildman–Crippen LogP) is 1.16. The fraction of sp³-hybridized carbons (Fsp3) is 0.312. The number of aryl methyl sites for hydroxylation is 1. The van der Waals surface area contributed by atoms with E-state index in [1.54, 1.807) is 32.3 Å². The van der Waals surface area contributed by atoms with Gasteiger partial charge in [-0.25, -0.2) is 4.79 Å². The van der Waals surface area contributed by atoms with E-state index in [0.717, 1.165) is 0 Å². The summed E-state index contributed by atoms with van der Waals surface area (Å²) >= 11 is 0. The summed E-state index contributed by atoms with van der Waals surface area (Å²) in [4.78, 5) is 24.4. The van der Waals surface area contributed by atoms with Crippen LogP contribution in [0.5, 0.6) is 5.75 Å². The van der Waals surface area contributed by atoms with E-state index in [-0.39, 0.29) is 6.61 Å². The Morgan fingerprint density at radius 2 is 2.00 bits per heavy atom. The standard InChI is InChI=1S/C16H19N3O4/c1-16(15(21)22-3,11-23-13-7-5-4-6-8-13)18-14(20)12-9-17-19(2)10-12/h4-10H,11H2,1-3H3,(H,18,20)/t16-/m1/s1. The van der Waals surface area contributed by atoms with Crippen molar-refractivity contribution in [2.75, 3.05) is 13.7 Å². The predicted molar refractivity (Wildman–Crippen MR) is 83.0 cm³/mol. The molecule has 0 fully saturated rings. The highest BCUT2D eigenvalue weighted by Crippen LogP contribution is 2.14. The van der Waals surface area contributed by atoms with Crippen molar-refractivity contribution in [2.45, 2.75) is 12.5 Å². The van der Waals surface area contributed by atoms with Crippen LogP contribution in [-0.2, 0) is 16.6 Å². The molecule has 23 heavy (non-hydrogen) atoms. The summed E-state index contributed by atoms with van der Waals surface area (Å²) < 4.78 is 11.9. The lowest BCUT2D eigenvalue weighted by Crippen LogP contribution is -2.56. The lowest BCUT2D eigenvalue weighted by atomic mass is 10.0. The Morgan fingerprint density at radius 1 is 1.30 bits per heavy atom. The summed E-state index contributed by atoms with van der Waals surface area (Å²) in [7, 11) is 2.97. The average molecular weight is 317 g/mol. The molecule has 1 N–H and O–H groups in total. The second-order valence-corrected chi connectivity index (χ2v) is 5.28. The fourth-order valence-electron chi connectivity index (χ4n) is 1.98. The normalized spacial score (nSPS) is 13.0. The molecule has 0 unspecified atom stereocenters. The molecule has 0 saturated heterocycles. The van der Waals surface area contributed by atoms with Crippen LogP contribution in [0.15, 0.2) is 42.7 Å². The van der Waals surface area contributed by atoms with Crippen molar-refractivity contribution in [3.8, 4) is 5.75 Å². The number of carbonyl (C=O) groups is 2. The SMILES string of the molecule is COC(=O)[C@@](C)(COc1ccccc1)NC(=O)c1cnn(C)c1. The number of aromatic nitrogens is 2. The Labute approximate surface area is 134 Å². The van der Waals surface area contributed by atoms with Crippen molar-refractivity contribution in [3.05, 3.63) is 48.3 Å². The number of ether oxygens (including phenoxy) is 2. The Kier molecular flexibility index (Phi) is 5.00. The van der Waals surface area contributed by atoms with Gasteiger partial charge < -0.3 is 14.8 Å². The van der Waals surface area contributed by atoms with Crippen LogP contribution in [0.2, 0.25) is 0 Å². The number of rotatable bonds is 6. The first-order chi connectivity index (χ1) is 10.9. The molecular formula is C16H19N3O4. The van der Waals surface area contributed by atoms with Gasteiger partial charge >= 0.3 is 5.97 Å². The number of nitrogens with one attached hydrogen (secondary N) is 1. The van der Waals surface area contributed by atoms with Crippen LogP contribution in [-0.4, -0.2) is 40.9 Å². The topological polar surface area (TPSA) is 82.4 Å². The minimum atomic E-state index is -1.32. The number of hydrogen-bond donors (Lipinski definition) is 1. The van der Waals surface area contributed by atoms with Crippen LogP contribution in [0.3, 0.4) is 0 Å². The van der Waals surface area contributed by atoms with Gasteiger partial charge in [0.25, 0.3) is 5.91 Å². The van der Waals surface area contributed by atoms with E-state index in [1.165, 1.54) is 18.0 Å². The second kappa shape index (κ2) is 6.95. The lowest BCUT2D eigenvalue weighted by Gasteiger charge is -2.27. The molecule has 0 bridgehead atoms. The first kappa shape index (κ1) is 16.5. The molecule has 7 nitrogen and oxygen atoms in total. The lowest BCUT2D eigenvalue weighted by molar-refractivity contribution is -0.148. The zero-order valence-corrected chi connectivity index (χ0v) is 13.3. The van der Waals surface area contributed by atoms with Crippen molar-refractivity contribution in [1.29, 1.82) is 0 Å². The molecule has 0 aliphatic rings. The van der Waals surface area contributed by atoms with E-state index < -0.39 is 17.4 Å². The largest absolute Gasteiger partial charge is 0.491 e. The van der Waals surface area contributed by atoms with E-state index in [0.29, 0.717) is 11.3 Å². The molecule has 1 amide bonds. The summed E-state index contributed by atoms with van der Waals surface area (Å²) in [6.07, 6.45) is 2.98. The number of carbonyl (C=O) groups excluding carboxylic acids is 2. The molecule has 2 aromatic rings. The van der Waals surface area contributed by atoms with Gasteiger partial charge in [-0.2, -0.15) is 5.10 Å². The monoisotopic (exact) mass is 317 g/mol. The Morgan fingerprint density at radius 3 is 2.57 bits per heavy atom. The van der Waals surface area contributed by atoms with E-state index >= 15 is 0 Å². The van der Waals surface area contributed by atoms with Crippen LogP contribution in [0.4, 0.5) is 0 Å². The molecule has 2 rings (SSSR count). The van der Waals surface area contributed by atoms with E-state index in [4.69, 9.17) is 9.47 Å². The Bertz CT molecular complexity index is 684. The number of esters is 1. The van der Waals surface area contributed by atoms with Crippen LogP contribution in [0.1, 0.15) is 17.3 Å². The maximum absolute atomic E-state index is 12.3. The molecule has 1 aromatic carbocycles. The van der Waals surface area contributed by atoms with Gasteiger partial charge in [-0.3, -0.25) is 9.48 Å². The molecule has 7 heteroatoms. The van der Waals surface area contributed by atoms with Gasteiger partial charge in [-0.1, -0.05) is 18.2 Å². The van der Waals surface area contributed by atoms with Crippen molar-refractivity contribution in [2.24, 2.45) is 7.05 Å². The number of para-hydroxylation sites is 1. The summed E-state index contributed by atoms with van der Waals surface area (Å²) in [5.41, 5.74) is -0.973. The highest BCUT2D eigenvalue weighted by molar-refractivity contribution is 5.97. The number of hydrogen-bond acceptors (Lipinski definition) is 5. The van der Waals surface area contributed by atoms with Crippen LogP contribution >= 0.6 is 0 Å². The van der Waals surface area contributed by atoms with Gasteiger partial charge in [0.15, 0.2) is 5.54 Å². The smallest absolute Gasteiger partial charge is 0.334 e. The summed E-state index contributed by atoms with van der Waals surface area (Å²) in [5.74, 6) is -0.424. The maximum Gasteiger partial charge on any atom is 0.334 e. The van der Waals surface area contributed by atoms with Gasteiger partial charge in [-0.15, -0.1) is 0 Å². The zero-order valence-electron chi connectivity index (χ0n) is 13.3. The maximum atomic E-state index is 12.3. The molecule has 1 atom stereocenters. The first-order valence-corrected chi connectivity index (χ1v) is 7.02. The number of amides is 1. The molecule has 122 valence electrons. The Balaban J connectivity index is 2.11. The van der Waals surface area contributed by atoms with Gasteiger partial charge in [0.2, 0.25) is 0 Å². The van der Waals surface area contributed by atoms with Crippen LogP contribution in [0.25, 0.3) is 0 Å². The minimum absolute atomic E-state index is 0.0598. The minimum Gasteiger partial charge on any atom is -0.491 e. The molecule has 0 radical (unpaired) electrons.